The van der Waals surface area contributed by atoms with Crippen LogP contribution in [0, 0.1) is 5.41 Å². The SMILES string of the molecule is CC[C@@]12C=C(C(=O)CCC(C)=O)n3c4c(c5ccccc53)CCN(CCC1)[C@H]42. The zero-order valence-electron chi connectivity index (χ0n) is 16.8. The number of aromatic nitrogens is 1. The molecule has 1 aromatic heterocycles. The van der Waals surface area contributed by atoms with E-state index in [0.29, 0.717) is 18.9 Å². The van der Waals surface area contributed by atoms with Crippen LogP contribution in [0.1, 0.15) is 63.3 Å². The molecule has 0 spiro atoms. The lowest BCUT2D eigenvalue weighted by Gasteiger charge is -2.53. The molecular formula is C24H28N2O2. The van der Waals surface area contributed by atoms with Crippen LogP contribution >= 0.6 is 0 Å². The van der Waals surface area contributed by atoms with Gasteiger partial charge in [0.2, 0.25) is 0 Å². The van der Waals surface area contributed by atoms with E-state index in [0.717, 1.165) is 43.6 Å². The maximum Gasteiger partial charge on any atom is 0.179 e. The van der Waals surface area contributed by atoms with Crippen LogP contribution in [0.4, 0.5) is 0 Å². The second-order valence-corrected chi connectivity index (χ2v) is 8.75. The zero-order valence-corrected chi connectivity index (χ0v) is 16.8. The van der Waals surface area contributed by atoms with E-state index >= 15 is 0 Å². The summed E-state index contributed by atoms with van der Waals surface area (Å²) in [5.41, 5.74) is 4.76. The molecule has 5 rings (SSSR count). The fourth-order valence-corrected chi connectivity index (χ4v) is 5.90. The van der Waals surface area contributed by atoms with E-state index in [9.17, 15) is 9.59 Å². The van der Waals surface area contributed by atoms with Crippen molar-refractivity contribution in [3.05, 3.63) is 41.6 Å². The summed E-state index contributed by atoms with van der Waals surface area (Å²) in [6.07, 6.45) is 7.33. The van der Waals surface area contributed by atoms with Crippen molar-refractivity contribution < 1.29 is 9.59 Å². The minimum atomic E-state index is 0.0268. The molecular weight excluding hydrogens is 348 g/mol. The monoisotopic (exact) mass is 376 g/mol. The van der Waals surface area contributed by atoms with Crippen LogP contribution in [0.3, 0.4) is 0 Å². The Balaban J connectivity index is 1.76. The molecule has 146 valence electrons. The van der Waals surface area contributed by atoms with E-state index in [1.807, 2.05) is 0 Å². The summed E-state index contributed by atoms with van der Waals surface area (Å²) in [5.74, 6) is 0.184. The molecule has 1 aromatic carbocycles. The van der Waals surface area contributed by atoms with Crippen molar-refractivity contribution in [2.45, 2.75) is 58.4 Å². The van der Waals surface area contributed by atoms with E-state index < -0.39 is 0 Å². The lowest BCUT2D eigenvalue weighted by molar-refractivity contribution is -0.120. The number of carbonyl (C=O) groups is 2. The Kier molecular flexibility index (Phi) is 4.09. The molecule has 0 unspecified atom stereocenters. The van der Waals surface area contributed by atoms with Gasteiger partial charge in [-0.15, -0.1) is 0 Å². The largest absolute Gasteiger partial charge is 0.309 e. The maximum absolute atomic E-state index is 13.3. The standard InChI is InChI=1S/C24H28N2O2/c1-3-24-12-6-13-25-14-11-18-17-7-4-5-8-19(17)26(22(18)23(24)25)20(15-24)21(28)10-9-16(2)27/h4-5,7-8,15,23H,3,6,9-14H2,1-2H3/t23-,24+/m1/s1. The van der Waals surface area contributed by atoms with Gasteiger partial charge in [-0.3, -0.25) is 9.69 Å². The molecule has 4 heterocycles. The average Bonchev–Trinajstić information content (AvgIpc) is 3.05. The van der Waals surface area contributed by atoms with Crippen molar-refractivity contribution in [2.24, 2.45) is 5.41 Å². The van der Waals surface area contributed by atoms with Gasteiger partial charge in [0, 0.05) is 35.9 Å². The molecule has 0 bridgehead atoms. The molecule has 0 radical (unpaired) electrons. The molecule has 0 amide bonds. The Hall–Kier alpha value is -2.20. The van der Waals surface area contributed by atoms with Crippen LogP contribution in [0.25, 0.3) is 16.6 Å². The lowest BCUT2D eigenvalue weighted by Crippen LogP contribution is -2.51. The van der Waals surface area contributed by atoms with Crippen molar-refractivity contribution in [1.82, 2.24) is 9.47 Å². The number of fused-ring (bicyclic) bond motifs is 3. The van der Waals surface area contributed by atoms with Gasteiger partial charge in [0.05, 0.1) is 17.3 Å². The first kappa shape index (κ1) is 17.9. The number of rotatable bonds is 5. The number of para-hydroxylation sites is 1. The van der Waals surface area contributed by atoms with Gasteiger partial charge in [-0.25, -0.2) is 0 Å². The number of hydrogen-bond acceptors (Lipinski definition) is 3. The Bertz CT molecular complexity index is 1020. The summed E-state index contributed by atoms with van der Waals surface area (Å²) in [5, 5.41) is 1.29. The number of allylic oxidation sites excluding steroid dienone is 1. The third-order valence-corrected chi connectivity index (χ3v) is 7.24. The van der Waals surface area contributed by atoms with Crippen LogP contribution in [0.15, 0.2) is 30.3 Å². The Morgan fingerprint density at radius 3 is 2.79 bits per heavy atom. The number of Topliss-reactive ketones (excluding diaryl/α,β-unsaturated/α-hetero) is 2. The zero-order chi connectivity index (χ0) is 19.5. The molecule has 1 fully saturated rings. The Morgan fingerprint density at radius 2 is 2.00 bits per heavy atom. The van der Waals surface area contributed by atoms with Crippen LogP contribution in [0.2, 0.25) is 0 Å². The quantitative estimate of drug-likeness (QED) is 0.770. The van der Waals surface area contributed by atoms with E-state index in [-0.39, 0.29) is 17.0 Å². The highest BCUT2D eigenvalue weighted by Gasteiger charge is 2.50. The van der Waals surface area contributed by atoms with E-state index in [1.54, 1.807) is 6.92 Å². The van der Waals surface area contributed by atoms with Gasteiger partial charge in [-0.1, -0.05) is 25.1 Å². The Morgan fingerprint density at radius 1 is 1.18 bits per heavy atom. The van der Waals surface area contributed by atoms with E-state index in [4.69, 9.17) is 0 Å². The first-order valence-corrected chi connectivity index (χ1v) is 10.7. The second-order valence-electron chi connectivity index (χ2n) is 8.75. The highest BCUT2D eigenvalue weighted by atomic mass is 16.1. The fourth-order valence-electron chi connectivity index (χ4n) is 5.90. The highest BCUT2D eigenvalue weighted by molar-refractivity contribution is 6.18. The lowest BCUT2D eigenvalue weighted by atomic mass is 9.66. The molecule has 0 aliphatic carbocycles. The predicted octanol–water partition coefficient (Wildman–Crippen LogP) is 4.52. The van der Waals surface area contributed by atoms with E-state index in [2.05, 4.69) is 46.7 Å². The van der Waals surface area contributed by atoms with Crippen molar-refractivity contribution in [3.8, 4) is 0 Å². The number of nitrogens with zero attached hydrogens (tertiary/aromatic N) is 2. The van der Waals surface area contributed by atoms with Crippen molar-refractivity contribution >= 4 is 28.2 Å². The van der Waals surface area contributed by atoms with Gasteiger partial charge in [0.25, 0.3) is 0 Å². The van der Waals surface area contributed by atoms with Gasteiger partial charge in [0.1, 0.15) is 5.78 Å². The average molecular weight is 377 g/mol. The predicted molar refractivity (Wildman–Crippen MR) is 111 cm³/mol. The number of carbonyl (C=O) groups excluding carboxylic acids is 2. The minimum absolute atomic E-state index is 0.0268. The summed E-state index contributed by atoms with van der Waals surface area (Å²) < 4.78 is 2.25. The Labute approximate surface area is 166 Å². The topological polar surface area (TPSA) is 42.3 Å². The summed E-state index contributed by atoms with van der Waals surface area (Å²) in [4.78, 5) is 27.5. The van der Waals surface area contributed by atoms with Gasteiger partial charge in [-0.05, 0) is 56.9 Å². The minimum Gasteiger partial charge on any atom is -0.309 e. The summed E-state index contributed by atoms with van der Waals surface area (Å²) in [6.45, 7) is 6.09. The second kappa shape index (κ2) is 6.41. The van der Waals surface area contributed by atoms with Gasteiger partial charge >= 0.3 is 0 Å². The number of benzene rings is 1. The van der Waals surface area contributed by atoms with E-state index in [1.165, 1.54) is 23.1 Å². The maximum atomic E-state index is 13.3. The molecule has 1 saturated heterocycles. The van der Waals surface area contributed by atoms with Crippen molar-refractivity contribution in [2.75, 3.05) is 13.1 Å². The number of hydrogen-bond donors (Lipinski definition) is 0. The molecule has 4 nitrogen and oxygen atoms in total. The molecule has 0 N–H and O–H groups in total. The normalized spacial score (nSPS) is 26.1. The summed E-state index contributed by atoms with van der Waals surface area (Å²) >= 11 is 0. The van der Waals surface area contributed by atoms with Gasteiger partial charge < -0.3 is 9.36 Å². The smallest absolute Gasteiger partial charge is 0.179 e. The first-order valence-electron chi connectivity index (χ1n) is 10.7. The molecule has 4 heteroatoms. The highest BCUT2D eigenvalue weighted by Crippen LogP contribution is 2.57. The molecule has 28 heavy (non-hydrogen) atoms. The van der Waals surface area contributed by atoms with Crippen LogP contribution in [-0.4, -0.2) is 34.1 Å². The first-order chi connectivity index (χ1) is 13.6. The molecule has 0 saturated carbocycles. The van der Waals surface area contributed by atoms with Crippen LogP contribution in [0.5, 0.6) is 0 Å². The molecule has 3 aliphatic heterocycles. The van der Waals surface area contributed by atoms with Gasteiger partial charge in [0.15, 0.2) is 5.78 Å². The molecule has 2 atom stereocenters. The van der Waals surface area contributed by atoms with Gasteiger partial charge in [-0.2, -0.15) is 0 Å². The summed E-state index contributed by atoms with van der Waals surface area (Å²) in [7, 11) is 0. The van der Waals surface area contributed by atoms with Crippen LogP contribution < -0.4 is 0 Å². The fraction of sp³-hybridized carbons (Fsp3) is 0.500. The molecule has 3 aliphatic rings. The number of ketones is 2. The summed E-state index contributed by atoms with van der Waals surface area (Å²) in [6, 6.07) is 8.89. The van der Waals surface area contributed by atoms with Crippen molar-refractivity contribution in [1.29, 1.82) is 0 Å². The number of piperidine rings is 1. The third-order valence-electron chi connectivity index (χ3n) is 7.24. The van der Waals surface area contributed by atoms with Crippen molar-refractivity contribution in [3.63, 3.8) is 0 Å². The molecule has 2 aromatic rings. The third kappa shape index (κ3) is 2.40. The van der Waals surface area contributed by atoms with Crippen LogP contribution in [-0.2, 0) is 16.0 Å².